The summed E-state index contributed by atoms with van der Waals surface area (Å²) in [5, 5.41) is 7.23. The van der Waals surface area contributed by atoms with Crippen LogP contribution in [0.15, 0.2) is 67.8 Å². The third-order valence-electron chi connectivity index (χ3n) is 10.5. The van der Waals surface area contributed by atoms with Gasteiger partial charge in [0.15, 0.2) is 0 Å². The van der Waals surface area contributed by atoms with Gasteiger partial charge < -0.3 is 24.5 Å². The predicted molar refractivity (Wildman–Crippen MR) is 220 cm³/mol. The fraction of sp³-hybridized carbons (Fsp3) is 0.535. The van der Waals surface area contributed by atoms with E-state index >= 15 is 0 Å². The molecule has 2 aromatic carbocycles. The van der Waals surface area contributed by atoms with Gasteiger partial charge in [-0.05, 0) is 91.5 Å². The van der Waals surface area contributed by atoms with Crippen LogP contribution in [0, 0.1) is 5.92 Å². The van der Waals surface area contributed by atoms with Crippen molar-refractivity contribution < 1.29 is 33.1 Å². The fourth-order valence-electron chi connectivity index (χ4n) is 6.03. The first kappa shape index (κ1) is 45.1. The Morgan fingerprint density at radius 1 is 1.04 bits per heavy atom. The van der Waals surface area contributed by atoms with Crippen LogP contribution < -0.4 is 20.5 Å². The number of methoxy groups -OCH3 is 1. The molecule has 2 aromatic rings. The Balaban J connectivity index is 1.85. The molecule has 5 atom stereocenters. The van der Waals surface area contributed by atoms with Crippen LogP contribution in [0.5, 0.6) is 5.75 Å². The summed E-state index contributed by atoms with van der Waals surface area (Å²) in [6, 6.07) is 12.5. The molecule has 1 aliphatic rings. The molecule has 3 rings (SSSR count). The van der Waals surface area contributed by atoms with Gasteiger partial charge in [0, 0.05) is 20.1 Å². The number of esters is 1. The van der Waals surface area contributed by atoms with Crippen LogP contribution in [0.4, 0.5) is 0 Å². The molecule has 1 fully saturated rings. The lowest BCUT2D eigenvalue weighted by atomic mass is 10.00. The Kier molecular flexibility index (Phi) is 16.9. The minimum absolute atomic E-state index is 0.0221. The SMILES string of the molecule is C=CCC[C@H](CC(=O)N[C@H](C(=O)N[C@@H](Cc1cccc(O[Si](C)(C)C(C)(C)C)c1)C(=O)N1CCC[C@@H](C(=O)O[C@H](C)c2cccc(C=C)c2)N1)C(C)C)OC. The standard InChI is InChI=1S/C43H64N4O7Si/c1-12-14-21-34(52-9)28-38(48)45-39(29(3)4)40(49)44-37(27-32-19-16-22-35(26-32)54-55(10,11)43(6,7)8)41(50)47-24-17-23-36(46-47)42(51)53-30(5)33-20-15-18-31(13-2)25-33/h12-13,15-16,18-20,22,25-26,29-30,34,36-37,39,46H,1-2,14,17,21,23-24,27-28H2,3-11H3,(H,44,49)(H,45,48)/t30-,34-,36+,37+,39+/m1/s1. The van der Waals surface area contributed by atoms with Crippen LogP contribution in [0.2, 0.25) is 18.1 Å². The van der Waals surface area contributed by atoms with Crippen molar-refractivity contribution >= 4 is 38.1 Å². The van der Waals surface area contributed by atoms with Gasteiger partial charge in [-0.2, -0.15) is 0 Å². The summed E-state index contributed by atoms with van der Waals surface area (Å²) in [6.45, 7) is 24.2. The number of hydrazine groups is 1. The average Bonchev–Trinajstić information content (AvgIpc) is 3.14. The van der Waals surface area contributed by atoms with Crippen LogP contribution in [-0.4, -0.2) is 74.9 Å². The van der Waals surface area contributed by atoms with E-state index < -0.39 is 50.3 Å². The zero-order chi connectivity index (χ0) is 40.9. The molecule has 11 nitrogen and oxygen atoms in total. The van der Waals surface area contributed by atoms with Crippen LogP contribution in [0.3, 0.4) is 0 Å². The molecule has 3 amide bonds. The van der Waals surface area contributed by atoms with E-state index in [0.29, 0.717) is 38.0 Å². The first-order valence-corrected chi connectivity index (χ1v) is 22.3. The Hall–Kier alpha value is -4.26. The number of hydrogen-bond donors (Lipinski definition) is 3. The van der Waals surface area contributed by atoms with Gasteiger partial charge in [-0.15, -0.1) is 6.58 Å². The highest BCUT2D eigenvalue weighted by molar-refractivity contribution is 6.74. The molecule has 0 aromatic heterocycles. The monoisotopic (exact) mass is 776 g/mol. The first-order chi connectivity index (χ1) is 25.9. The summed E-state index contributed by atoms with van der Waals surface area (Å²) in [6.07, 6.45) is 5.23. The largest absolute Gasteiger partial charge is 0.543 e. The second kappa shape index (κ2) is 20.6. The van der Waals surface area contributed by atoms with E-state index in [1.165, 1.54) is 5.01 Å². The van der Waals surface area contributed by atoms with Crippen molar-refractivity contribution in [2.75, 3.05) is 13.7 Å². The van der Waals surface area contributed by atoms with Gasteiger partial charge in [0.25, 0.3) is 5.91 Å². The number of rotatable bonds is 19. The van der Waals surface area contributed by atoms with Crippen LogP contribution in [0.1, 0.15) is 96.4 Å². The molecule has 55 heavy (non-hydrogen) atoms. The Morgan fingerprint density at radius 3 is 2.38 bits per heavy atom. The summed E-state index contributed by atoms with van der Waals surface area (Å²) in [7, 11) is -0.610. The molecule has 12 heteroatoms. The van der Waals surface area contributed by atoms with Crippen molar-refractivity contribution in [1.82, 2.24) is 21.1 Å². The summed E-state index contributed by atoms with van der Waals surface area (Å²) in [5.41, 5.74) is 5.63. The van der Waals surface area contributed by atoms with Crippen LogP contribution >= 0.6 is 0 Å². The molecule has 0 radical (unpaired) electrons. The molecule has 1 heterocycles. The number of ether oxygens (including phenoxy) is 2. The summed E-state index contributed by atoms with van der Waals surface area (Å²) in [5.74, 6) is -1.28. The molecule has 0 aliphatic carbocycles. The molecule has 1 aliphatic heterocycles. The molecule has 0 spiro atoms. The normalized spacial score (nSPS) is 17.0. The molecular formula is C43H64N4O7Si. The molecule has 302 valence electrons. The van der Waals surface area contributed by atoms with E-state index in [1.807, 2.05) is 62.4 Å². The number of nitrogens with one attached hydrogen (secondary N) is 3. The van der Waals surface area contributed by atoms with Gasteiger partial charge in [-0.25, -0.2) is 5.43 Å². The molecule has 0 unspecified atom stereocenters. The lowest BCUT2D eigenvalue weighted by molar-refractivity contribution is -0.157. The zero-order valence-corrected chi connectivity index (χ0v) is 35.4. The second-order valence-corrected chi connectivity index (χ2v) is 21.0. The van der Waals surface area contributed by atoms with E-state index in [-0.39, 0.29) is 35.8 Å². The van der Waals surface area contributed by atoms with Gasteiger partial charge in [-0.3, -0.25) is 24.2 Å². The maximum Gasteiger partial charge on any atom is 0.325 e. The maximum atomic E-state index is 14.4. The summed E-state index contributed by atoms with van der Waals surface area (Å²) >= 11 is 0. The van der Waals surface area contributed by atoms with Gasteiger partial charge in [-0.1, -0.05) is 83.7 Å². The highest BCUT2D eigenvalue weighted by Crippen LogP contribution is 2.37. The summed E-state index contributed by atoms with van der Waals surface area (Å²) < 4.78 is 17.9. The van der Waals surface area contributed by atoms with Gasteiger partial charge >= 0.3 is 5.97 Å². The highest BCUT2D eigenvalue weighted by Gasteiger charge is 2.39. The molecule has 3 N–H and O–H groups in total. The number of nitrogens with zero attached hydrogens (tertiary/aromatic N) is 1. The molecular weight excluding hydrogens is 713 g/mol. The fourth-order valence-corrected chi connectivity index (χ4v) is 7.05. The van der Waals surface area contributed by atoms with Crippen molar-refractivity contribution in [3.05, 3.63) is 84.5 Å². The molecule has 1 saturated heterocycles. The third-order valence-corrected chi connectivity index (χ3v) is 14.8. The number of carbonyl (C=O) groups excluding carboxylic acids is 4. The number of hydrogen-bond acceptors (Lipinski definition) is 8. The predicted octanol–water partition coefficient (Wildman–Crippen LogP) is 7.05. The Morgan fingerprint density at radius 2 is 1.75 bits per heavy atom. The van der Waals surface area contributed by atoms with Gasteiger partial charge in [0.05, 0.1) is 12.5 Å². The molecule has 0 saturated carbocycles. The Bertz CT molecular complexity index is 1640. The summed E-state index contributed by atoms with van der Waals surface area (Å²) in [4.78, 5) is 55.0. The smallest absolute Gasteiger partial charge is 0.325 e. The van der Waals surface area contributed by atoms with Crippen molar-refractivity contribution in [2.45, 2.75) is 129 Å². The molecule has 0 bridgehead atoms. The van der Waals surface area contributed by atoms with Crippen molar-refractivity contribution in [2.24, 2.45) is 5.92 Å². The quantitative estimate of drug-likeness (QED) is 0.0785. The van der Waals surface area contributed by atoms with E-state index in [2.05, 4.69) is 63.1 Å². The third kappa shape index (κ3) is 13.5. The topological polar surface area (TPSA) is 135 Å². The number of amides is 3. The van der Waals surface area contributed by atoms with Crippen molar-refractivity contribution in [1.29, 1.82) is 0 Å². The number of carbonyl (C=O) groups is 4. The second-order valence-electron chi connectivity index (χ2n) is 16.3. The van der Waals surface area contributed by atoms with Crippen molar-refractivity contribution in [3.63, 3.8) is 0 Å². The maximum absolute atomic E-state index is 14.4. The van der Waals surface area contributed by atoms with Gasteiger partial charge in [0.2, 0.25) is 20.1 Å². The van der Waals surface area contributed by atoms with Crippen LogP contribution in [-0.2, 0) is 35.1 Å². The van der Waals surface area contributed by atoms with Crippen molar-refractivity contribution in [3.8, 4) is 5.75 Å². The van der Waals surface area contributed by atoms with Gasteiger partial charge in [0.1, 0.15) is 30.0 Å². The van der Waals surface area contributed by atoms with E-state index in [1.54, 1.807) is 26.2 Å². The Labute approximate surface area is 329 Å². The minimum Gasteiger partial charge on any atom is -0.543 e. The lowest BCUT2D eigenvalue weighted by Crippen LogP contribution is -2.62. The highest BCUT2D eigenvalue weighted by atomic mass is 28.4. The van der Waals surface area contributed by atoms with Crippen LogP contribution in [0.25, 0.3) is 6.08 Å². The van der Waals surface area contributed by atoms with E-state index in [0.717, 1.165) is 16.7 Å². The zero-order valence-electron chi connectivity index (χ0n) is 34.4. The number of benzene rings is 2. The average molecular weight is 777 g/mol. The van der Waals surface area contributed by atoms with E-state index in [4.69, 9.17) is 13.9 Å². The minimum atomic E-state index is -2.16. The number of allylic oxidation sites excluding steroid dienone is 1. The first-order valence-electron chi connectivity index (χ1n) is 19.4. The lowest BCUT2D eigenvalue weighted by Gasteiger charge is -2.37. The van der Waals surface area contributed by atoms with E-state index in [9.17, 15) is 19.2 Å².